The summed E-state index contributed by atoms with van der Waals surface area (Å²) in [7, 11) is 0. The topological polar surface area (TPSA) is 64.4 Å². The van der Waals surface area contributed by atoms with Crippen LogP contribution in [0, 0.1) is 5.41 Å². The predicted octanol–water partition coefficient (Wildman–Crippen LogP) is 3.13. The van der Waals surface area contributed by atoms with Crippen LogP contribution in [0.5, 0.6) is 0 Å². The number of amides is 1. The molecule has 1 aromatic carbocycles. The largest absolute Gasteiger partial charge is 0.381 e. The van der Waals surface area contributed by atoms with Gasteiger partial charge in [-0.15, -0.1) is 0 Å². The van der Waals surface area contributed by atoms with E-state index in [9.17, 15) is 4.79 Å². The fourth-order valence-electron chi connectivity index (χ4n) is 4.15. The molecule has 1 aromatic rings. The molecule has 0 atom stereocenters. The average molecular weight is 395 g/mol. The van der Waals surface area contributed by atoms with Crippen molar-refractivity contribution in [1.82, 2.24) is 5.32 Å². The van der Waals surface area contributed by atoms with Crippen LogP contribution in [0.4, 0.5) is 0 Å². The zero-order chi connectivity index (χ0) is 17.0. The Morgan fingerprint density at radius 3 is 2.33 bits per heavy atom. The second-order valence-electron chi connectivity index (χ2n) is 7.27. The van der Waals surface area contributed by atoms with Gasteiger partial charge in [0.2, 0.25) is 5.91 Å². The lowest BCUT2D eigenvalue weighted by molar-refractivity contribution is -0.136. The van der Waals surface area contributed by atoms with Crippen LogP contribution in [0.2, 0.25) is 0 Å². The van der Waals surface area contributed by atoms with Crippen LogP contribution in [0.3, 0.4) is 0 Å². The smallest absolute Gasteiger partial charge is 0.227 e. The van der Waals surface area contributed by atoms with E-state index in [-0.39, 0.29) is 11.3 Å². The second kappa shape index (κ2) is 7.54. The highest BCUT2D eigenvalue weighted by atomic mass is 79.9. The maximum atomic E-state index is 12.9. The summed E-state index contributed by atoms with van der Waals surface area (Å²) in [6, 6.07) is 8.57. The number of benzene rings is 1. The van der Waals surface area contributed by atoms with E-state index in [0.717, 1.165) is 30.2 Å². The van der Waals surface area contributed by atoms with Gasteiger partial charge in [-0.05, 0) is 43.4 Å². The number of hydrogen-bond acceptors (Lipinski definition) is 3. The van der Waals surface area contributed by atoms with Crippen molar-refractivity contribution in [3.8, 4) is 0 Å². The molecule has 1 aliphatic heterocycles. The standard InChI is InChI=1S/C19H27BrN2O2/c20-16-5-3-15(4-6-16)19(7-1-2-8-19)14-22-17(23)18(13-21)9-11-24-12-10-18/h3-6H,1-2,7-14,21H2,(H,22,23). The maximum absolute atomic E-state index is 12.9. The highest BCUT2D eigenvalue weighted by Crippen LogP contribution is 2.41. The van der Waals surface area contributed by atoms with Crippen LogP contribution in [0.1, 0.15) is 44.1 Å². The molecule has 1 heterocycles. The third-order valence-corrected chi connectivity index (χ3v) is 6.46. The molecule has 0 spiro atoms. The van der Waals surface area contributed by atoms with E-state index in [2.05, 4.69) is 45.5 Å². The summed E-state index contributed by atoms with van der Waals surface area (Å²) in [5.41, 5.74) is 6.91. The molecule has 1 saturated heterocycles. The molecule has 2 fully saturated rings. The van der Waals surface area contributed by atoms with Crippen molar-refractivity contribution < 1.29 is 9.53 Å². The van der Waals surface area contributed by atoms with Gasteiger partial charge in [0.15, 0.2) is 0 Å². The molecule has 0 aromatic heterocycles. The lowest BCUT2D eigenvalue weighted by Gasteiger charge is -2.37. The lowest BCUT2D eigenvalue weighted by atomic mass is 9.77. The Balaban J connectivity index is 1.72. The third-order valence-electron chi connectivity index (χ3n) is 5.93. The fourth-order valence-corrected chi connectivity index (χ4v) is 4.41. The van der Waals surface area contributed by atoms with Crippen LogP contribution >= 0.6 is 15.9 Å². The molecule has 3 N–H and O–H groups in total. The number of ether oxygens (including phenoxy) is 1. The minimum Gasteiger partial charge on any atom is -0.381 e. The molecule has 4 nitrogen and oxygen atoms in total. The van der Waals surface area contributed by atoms with Gasteiger partial charge in [-0.25, -0.2) is 0 Å². The first-order chi connectivity index (χ1) is 11.6. The molecule has 1 amide bonds. The summed E-state index contributed by atoms with van der Waals surface area (Å²) in [6.45, 7) is 2.36. The number of halogens is 1. The van der Waals surface area contributed by atoms with Gasteiger partial charge in [0.1, 0.15) is 0 Å². The summed E-state index contributed by atoms with van der Waals surface area (Å²) in [6.07, 6.45) is 6.16. The first kappa shape index (κ1) is 17.9. The molecule has 0 radical (unpaired) electrons. The van der Waals surface area contributed by atoms with Crippen molar-refractivity contribution in [2.75, 3.05) is 26.3 Å². The SMILES string of the molecule is NCC1(C(=O)NCC2(c3ccc(Br)cc3)CCCC2)CCOCC1. The average Bonchev–Trinajstić information content (AvgIpc) is 3.11. The Hall–Kier alpha value is -0.910. The monoisotopic (exact) mass is 394 g/mol. The molecule has 1 aliphatic carbocycles. The van der Waals surface area contributed by atoms with Crippen molar-refractivity contribution in [2.45, 2.75) is 43.9 Å². The molecule has 24 heavy (non-hydrogen) atoms. The Kier molecular flexibility index (Phi) is 5.63. The Morgan fingerprint density at radius 2 is 1.75 bits per heavy atom. The van der Waals surface area contributed by atoms with E-state index in [4.69, 9.17) is 10.5 Å². The molecular formula is C19H27BrN2O2. The van der Waals surface area contributed by atoms with Gasteiger partial charge in [0.05, 0.1) is 5.41 Å². The minimum atomic E-state index is -0.447. The van der Waals surface area contributed by atoms with Crippen LogP contribution in [-0.4, -0.2) is 32.2 Å². The molecule has 3 rings (SSSR count). The third kappa shape index (κ3) is 3.53. The van der Waals surface area contributed by atoms with E-state index in [0.29, 0.717) is 26.3 Å². The normalized spacial score (nSPS) is 22.2. The zero-order valence-corrected chi connectivity index (χ0v) is 15.7. The van der Waals surface area contributed by atoms with Crippen LogP contribution in [0.25, 0.3) is 0 Å². The van der Waals surface area contributed by atoms with E-state index in [1.54, 1.807) is 0 Å². The molecule has 1 saturated carbocycles. The minimum absolute atomic E-state index is 0.0668. The number of carbonyl (C=O) groups is 1. The predicted molar refractivity (Wildman–Crippen MR) is 98.8 cm³/mol. The van der Waals surface area contributed by atoms with Crippen LogP contribution in [0.15, 0.2) is 28.7 Å². The highest BCUT2D eigenvalue weighted by molar-refractivity contribution is 9.10. The van der Waals surface area contributed by atoms with Crippen LogP contribution in [-0.2, 0) is 14.9 Å². The number of hydrogen-bond donors (Lipinski definition) is 2. The van der Waals surface area contributed by atoms with Gasteiger partial charge >= 0.3 is 0 Å². The summed E-state index contributed by atoms with van der Waals surface area (Å²) < 4.78 is 6.51. The lowest BCUT2D eigenvalue weighted by Crippen LogP contribution is -2.51. The van der Waals surface area contributed by atoms with Crippen molar-refractivity contribution in [3.05, 3.63) is 34.3 Å². The number of rotatable bonds is 5. The van der Waals surface area contributed by atoms with Crippen molar-refractivity contribution in [2.24, 2.45) is 11.1 Å². The summed E-state index contributed by atoms with van der Waals surface area (Å²) >= 11 is 3.51. The van der Waals surface area contributed by atoms with Gasteiger partial charge in [-0.3, -0.25) is 4.79 Å². The Morgan fingerprint density at radius 1 is 1.12 bits per heavy atom. The first-order valence-corrected chi connectivity index (χ1v) is 9.72. The molecule has 0 unspecified atom stereocenters. The van der Waals surface area contributed by atoms with Crippen molar-refractivity contribution in [3.63, 3.8) is 0 Å². The Bertz CT molecular complexity index is 561. The fraction of sp³-hybridized carbons (Fsp3) is 0.632. The number of nitrogens with two attached hydrogens (primary N) is 1. The zero-order valence-electron chi connectivity index (χ0n) is 14.2. The van der Waals surface area contributed by atoms with Gasteiger partial charge in [-0.2, -0.15) is 0 Å². The quantitative estimate of drug-likeness (QED) is 0.805. The first-order valence-electron chi connectivity index (χ1n) is 8.92. The van der Waals surface area contributed by atoms with Gasteiger partial charge < -0.3 is 15.8 Å². The second-order valence-corrected chi connectivity index (χ2v) is 8.19. The number of nitrogens with one attached hydrogen (secondary N) is 1. The Labute approximate surface area is 152 Å². The van der Waals surface area contributed by atoms with Gasteiger partial charge in [0, 0.05) is 36.2 Å². The van der Waals surface area contributed by atoms with Gasteiger partial charge in [-0.1, -0.05) is 40.9 Å². The number of carbonyl (C=O) groups excluding carboxylic acids is 1. The van der Waals surface area contributed by atoms with Crippen molar-refractivity contribution in [1.29, 1.82) is 0 Å². The van der Waals surface area contributed by atoms with E-state index >= 15 is 0 Å². The summed E-state index contributed by atoms with van der Waals surface area (Å²) in [5.74, 6) is 0.108. The van der Waals surface area contributed by atoms with Crippen molar-refractivity contribution >= 4 is 21.8 Å². The molecule has 132 valence electrons. The highest BCUT2D eigenvalue weighted by Gasteiger charge is 2.41. The molecule has 2 aliphatic rings. The van der Waals surface area contributed by atoms with E-state index in [1.165, 1.54) is 18.4 Å². The molecule has 0 bridgehead atoms. The summed E-state index contributed by atoms with van der Waals surface area (Å²) in [4.78, 5) is 12.9. The van der Waals surface area contributed by atoms with Gasteiger partial charge in [0.25, 0.3) is 0 Å². The maximum Gasteiger partial charge on any atom is 0.227 e. The van der Waals surface area contributed by atoms with E-state index in [1.807, 2.05) is 0 Å². The molecule has 5 heteroatoms. The molecular weight excluding hydrogens is 368 g/mol. The summed E-state index contributed by atoms with van der Waals surface area (Å²) in [5, 5.41) is 3.25. The van der Waals surface area contributed by atoms with Crippen LogP contribution < -0.4 is 11.1 Å². The van der Waals surface area contributed by atoms with E-state index < -0.39 is 5.41 Å².